The molecule has 132 valence electrons. The predicted octanol–water partition coefficient (Wildman–Crippen LogP) is 2.46. The predicted molar refractivity (Wildman–Crippen MR) is 90.5 cm³/mol. The molecule has 0 radical (unpaired) electrons. The van der Waals surface area contributed by atoms with Crippen LogP contribution in [0.5, 0.6) is 0 Å². The molecule has 0 saturated carbocycles. The second-order valence-corrected chi connectivity index (χ2v) is 6.90. The van der Waals surface area contributed by atoms with Crippen LogP contribution in [0.3, 0.4) is 0 Å². The van der Waals surface area contributed by atoms with Gasteiger partial charge in [-0.15, -0.1) is 6.58 Å². The van der Waals surface area contributed by atoms with Crippen LogP contribution in [0.25, 0.3) is 0 Å². The van der Waals surface area contributed by atoms with Crippen LogP contribution < -0.4 is 9.62 Å². The van der Waals surface area contributed by atoms with E-state index in [1.807, 2.05) is 0 Å². The average molecular weight is 366 g/mol. The molecule has 1 N–H and O–H groups in total. The van der Waals surface area contributed by atoms with Crippen molar-refractivity contribution in [3.8, 4) is 0 Å². The topological polar surface area (TPSA) is 66.5 Å². The van der Waals surface area contributed by atoms with E-state index in [4.69, 9.17) is 0 Å². The molecule has 2 rings (SSSR count). The van der Waals surface area contributed by atoms with Crippen molar-refractivity contribution in [2.24, 2.45) is 0 Å². The Morgan fingerprint density at radius 1 is 1.04 bits per heavy atom. The molecule has 0 aliphatic rings. The molecule has 0 saturated heterocycles. The van der Waals surface area contributed by atoms with Crippen molar-refractivity contribution in [2.75, 3.05) is 17.4 Å². The second kappa shape index (κ2) is 7.89. The number of benzene rings is 2. The summed E-state index contributed by atoms with van der Waals surface area (Å²) >= 11 is 0. The molecule has 2 aromatic rings. The van der Waals surface area contributed by atoms with Gasteiger partial charge in [-0.05, 0) is 48.5 Å². The van der Waals surface area contributed by atoms with Gasteiger partial charge in [-0.1, -0.05) is 6.08 Å². The molecule has 0 aliphatic carbocycles. The molecule has 0 heterocycles. The molecular weight excluding hydrogens is 350 g/mol. The number of nitrogens with zero attached hydrogens (tertiary/aromatic N) is 1. The SMILES string of the molecule is C=CCNC(=O)CN(c1ccc(F)cc1)S(=O)(=O)c1ccc(F)cc1. The minimum absolute atomic E-state index is 0.111. The summed E-state index contributed by atoms with van der Waals surface area (Å²) in [5.74, 6) is -1.69. The Hall–Kier alpha value is -2.74. The van der Waals surface area contributed by atoms with Crippen LogP contribution in [0.2, 0.25) is 0 Å². The maximum Gasteiger partial charge on any atom is 0.264 e. The van der Waals surface area contributed by atoms with Crippen LogP contribution in [0.4, 0.5) is 14.5 Å². The lowest BCUT2D eigenvalue weighted by atomic mass is 10.3. The molecule has 25 heavy (non-hydrogen) atoms. The lowest BCUT2D eigenvalue weighted by molar-refractivity contribution is -0.119. The molecule has 5 nitrogen and oxygen atoms in total. The van der Waals surface area contributed by atoms with Crippen LogP contribution in [-0.2, 0) is 14.8 Å². The lowest BCUT2D eigenvalue weighted by Gasteiger charge is -2.24. The van der Waals surface area contributed by atoms with Crippen molar-refractivity contribution < 1.29 is 22.0 Å². The van der Waals surface area contributed by atoms with Gasteiger partial charge in [-0.25, -0.2) is 17.2 Å². The first-order valence-corrected chi connectivity index (χ1v) is 8.70. The first-order chi connectivity index (χ1) is 11.8. The zero-order valence-corrected chi connectivity index (χ0v) is 14.0. The van der Waals surface area contributed by atoms with E-state index in [0.717, 1.165) is 40.7 Å². The molecule has 0 atom stereocenters. The van der Waals surface area contributed by atoms with Gasteiger partial charge >= 0.3 is 0 Å². The number of hydrogen-bond acceptors (Lipinski definition) is 3. The molecule has 8 heteroatoms. The van der Waals surface area contributed by atoms with Crippen molar-refractivity contribution in [3.05, 3.63) is 72.8 Å². The number of carbonyl (C=O) groups excluding carboxylic acids is 1. The first-order valence-electron chi connectivity index (χ1n) is 7.26. The van der Waals surface area contributed by atoms with Gasteiger partial charge in [0, 0.05) is 6.54 Å². The number of anilines is 1. The quantitative estimate of drug-likeness (QED) is 0.766. The maximum absolute atomic E-state index is 13.1. The van der Waals surface area contributed by atoms with Crippen molar-refractivity contribution in [1.82, 2.24) is 5.32 Å². The van der Waals surface area contributed by atoms with E-state index in [1.54, 1.807) is 0 Å². The monoisotopic (exact) mass is 366 g/mol. The van der Waals surface area contributed by atoms with E-state index < -0.39 is 34.1 Å². The summed E-state index contributed by atoms with van der Waals surface area (Å²) in [6, 6.07) is 8.88. The second-order valence-electron chi connectivity index (χ2n) is 5.03. The van der Waals surface area contributed by atoms with Crippen LogP contribution in [0.15, 0.2) is 66.1 Å². The molecule has 0 bridgehead atoms. The Morgan fingerprint density at radius 2 is 1.56 bits per heavy atom. The zero-order chi connectivity index (χ0) is 18.4. The third kappa shape index (κ3) is 4.63. The van der Waals surface area contributed by atoms with E-state index in [2.05, 4.69) is 11.9 Å². The maximum atomic E-state index is 13.1. The minimum Gasteiger partial charge on any atom is -0.351 e. The van der Waals surface area contributed by atoms with Gasteiger partial charge in [0.1, 0.15) is 18.2 Å². The number of amides is 1. The molecule has 0 aromatic heterocycles. The smallest absolute Gasteiger partial charge is 0.264 e. The number of carbonyl (C=O) groups is 1. The highest BCUT2D eigenvalue weighted by atomic mass is 32.2. The van der Waals surface area contributed by atoms with Crippen molar-refractivity contribution in [1.29, 1.82) is 0 Å². The minimum atomic E-state index is -4.15. The molecular formula is C17H16F2N2O3S. The average Bonchev–Trinajstić information content (AvgIpc) is 2.59. The fraction of sp³-hybridized carbons (Fsp3) is 0.118. The van der Waals surface area contributed by atoms with Gasteiger partial charge in [0.2, 0.25) is 5.91 Å². The van der Waals surface area contributed by atoms with Crippen molar-refractivity contribution in [2.45, 2.75) is 4.90 Å². The van der Waals surface area contributed by atoms with E-state index >= 15 is 0 Å². The molecule has 0 spiro atoms. The Labute approximate surface area is 144 Å². The Balaban J connectivity index is 2.42. The highest BCUT2D eigenvalue weighted by Gasteiger charge is 2.27. The third-order valence-electron chi connectivity index (χ3n) is 3.25. The normalized spacial score (nSPS) is 11.0. The summed E-state index contributed by atoms with van der Waals surface area (Å²) in [5, 5.41) is 2.48. The Bertz CT molecular complexity index is 850. The van der Waals surface area contributed by atoms with Gasteiger partial charge in [-0.2, -0.15) is 0 Å². The lowest BCUT2D eigenvalue weighted by Crippen LogP contribution is -2.41. The fourth-order valence-corrected chi connectivity index (χ4v) is 3.45. The highest BCUT2D eigenvalue weighted by molar-refractivity contribution is 7.92. The third-order valence-corrected chi connectivity index (χ3v) is 5.04. The van der Waals surface area contributed by atoms with E-state index in [-0.39, 0.29) is 17.1 Å². The summed E-state index contributed by atoms with van der Waals surface area (Å²) < 4.78 is 52.7. The van der Waals surface area contributed by atoms with Crippen molar-refractivity contribution >= 4 is 21.6 Å². The number of hydrogen-bond donors (Lipinski definition) is 1. The Kier molecular flexibility index (Phi) is 5.87. The zero-order valence-electron chi connectivity index (χ0n) is 13.2. The van der Waals surface area contributed by atoms with E-state index in [0.29, 0.717) is 0 Å². The molecule has 0 fully saturated rings. The van der Waals surface area contributed by atoms with E-state index in [9.17, 15) is 22.0 Å². The number of rotatable bonds is 7. The molecule has 1 amide bonds. The summed E-state index contributed by atoms with van der Waals surface area (Å²) in [6.45, 7) is 3.12. The summed E-state index contributed by atoms with van der Waals surface area (Å²) in [7, 11) is -4.15. The largest absolute Gasteiger partial charge is 0.351 e. The standard InChI is InChI=1S/C17H16F2N2O3S/c1-2-11-20-17(22)12-21(15-7-3-13(18)4-8-15)25(23,24)16-9-5-14(19)6-10-16/h2-10H,1,11-12H2,(H,20,22). The van der Waals surface area contributed by atoms with Crippen molar-refractivity contribution in [3.63, 3.8) is 0 Å². The first kappa shape index (κ1) is 18.6. The van der Waals surface area contributed by atoms with E-state index in [1.165, 1.54) is 18.2 Å². The number of sulfonamides is 1. The Morgan fingerprint density at radius 3 is 2.08 bits per heavy atom. The molecule has 0 unspecified atom stereocenters. The number of halogens is 2. The highest BCUT2D eigenvalue weighted by Crippen LogP contribution is 2.24. The van der Waals surface area contributed by atoms with Gasteiger partial charge in [-0.3, -0.25) is 9.10 Å². The summed E-state index contributed by atoms with van der Waals surface area (Å²) in [4.78, 5) is 11.8. The van der Waals surface area contributed by atoms with Crippen LogP contribution in [0, 0.1) is 11.6 Å². The molecule has 2 aromatic carbocycles. The van der Waals surface area contributed by atoms with Gasteiger partial charge in [0.25, 0.3) is 10.0 Å². The van der Waals surface area contributed by atoms with Gasteiger partial charge in [0.05, 0.1) is 10.6 Å². The molecule has 0 aliphatic heterocycles. The fourth-order valence-electron chi connectivity index (χ4n) is 2.03. The number of nitrogens with one attached hydrogen (secondary N) is 1. The van der Waals surface area contributed by atoms with Crippen LogP contribution in [-0.4, -0.2) is 27.4 Å². The van der Waals surface area contributed by atoms with Crippen LogP contribution in [0.1, 0.15) is 0 Å². The van der Waals surface area contributed by atoms with Gasteiger partial charge < -0.3 is 5.32 Å². The summed E-state index contributed by atoms with van der Waals surface area (Å²) in [6.07, 6.45) is 1.45. The van der Waals surface area contributed by atoms with Gasteiger partial charge in [0.15, 0.2) is 0 Å². The van der Waals surface area contributed by atoms with Crippen LogP contribution >= 0.6 is 0 Å². The summed E-state index contributed by atoms with van der Waals surface area (Å²) in [5.41, 5.74) is 0.111.